The minimum absolute atomic E-state index is 0.819. The van der Waals surface area contributed by atoms with Gasteiger partial charge in [0.2, 0.25) is 0 Å². The number of hydrogen-bond donors (Lipinski definition) is 1. The number of pyridine rings is 1. The smallest absolute Gasteiger partial charge is 0.0350 e. The lowest BCUT2D eigenvalue weighted by Crippen LogP contribution is -1.95. The molecule has 2 rings (SSSR count). The van der Waals surface area contributed by atoms with E-state index >= 15 is 0 Å². The number of nitrogen functional groups attached to an aromatic ring is 1. The predicted molar refractivity (Wildman–Crippen MR) is 65.6 cm³/mol. The molecule has 0 fully saturated rings. The summed E-state index contributed by atoms with van der Waals surface area (Å²) in [6, 6.07) is 9.89. The van der Waals surface area contributed by atoms with Crippen LogP contribution in [0.25, 0.3) is 0 Å². The van der Waals surface area contributed by atoms with E-state index in [-0.39, 0.29) is 0 Å². The molecule has 0 amide bonds. The molecule has 0 saturated heterocycles. The highest BCUT2D eigenvalue weighted by Crippen LogP contribution is 2.20. The first-order valence-corrected chi connectivity index (χ1v) is 5.48. The number of nitrogens with two attached hydrogens (primary N) is 1. The molecule has 0 atom stereocenters. The van der Waals surface area contributed by atoms with Crippen molar-refractivity contribution >= 4 is 21.6 Å². The van der Waals surface area contributed by atoms with E-state index in [9.17, 15) is 0 Å². The summed E-state index contributed by atoms with van der Waals surface area (Å²) in [5.41, 5.74) is 9.01. The number of anilines is 1. The molecule has 0 saturated carbocycles. The predicted octanol–water partition coefficient (Wildman–Crippen LogP) is 3.02. The largest absolute Gasteiger partial charge is 0.398 e. The van der Waals surface area contributed by atoms with Crippen molar-refractivity contribution in [3.05, 3.63) is 58.3 Å². The van der Waals surface area contributed by atoms with Gasteiger partial charge in [-0.25, -0.2) is 0 Å². The van der Waals surface area contributed by atoms with Crippen molar-refractivity contribution in [2.45, 2.75) is 6.42 Å². The highest BCUT2D eigenvalue weighted by molar-refractivity contribution is 9.10. The topological polar surface area (TPSA) is 38.9 Å². The van der Waals surface area contributed by atoms with Gasteiger partial charge in [-0.2, -0.15) is 0 Å². The second kappa shape index (κ2) is 4.45. The van der Waals surface area contributed by atoms with E-state index < -0.39 is 0 Å². The number of rotatable bonds is 2. The monoisotopic (exact) mass is 262 g/mol. The molecule has 0 radical (unpaired) electrons. The molecule has 76 valence electrons. The second-order valence-electron chi connectivity index (χ2n) is 3.38. The number of hydrogen-bond acceptors (Lipinski definition) is 2. The van der Waals surface area contributed by atoms with Crippen LogP contribution in [0, 0.1) is 0 Å². The van der Waals surface area contributed by atoms with Crippen molar-refractivity contribution in [1.29, 1.82) is 0 Å². The fourth-order valence-electron chi connectivity index (χ4n) is 1.45. The first-order chi connectivity index (χ1) is 7.25. The Kier molecular flexibility index (Phi) is 3.02. The number of nitrogens with zero attached hydrogens (tertiary/aromatic N) is 1. The highest BCUT2D eigenvalue weighted by atomic mass is 79.9. The molecular weight excluding hydrogens is 252 g/mol. The Balaban J connectivity index is 2.28. The fourth-order valence-corrected chi connectivity index (χ4v) is 1.86. The van der Waals surface area contributed by atoms with Crippen LogP contribution in [0.1, 0.15) is 11.1 Å². The molecule has 1 aromatic heterocycles. The molecule has 3 heteroatoms. The minimum Gasteiger partial charge on any atom is -0.398 e. The molecule has 1 aromatic carbocycles. The van der Waals surface area contributed by atoms with E-state index in [1.165, 1.54) is 5.56 Å². The van der Waals surface area contributed by atoms with Crippen molar-refractivity contribution in [3.63, 3.8) is 0 Å². The average Bonchev–Trinajstić information content (AvgIpc) is 2.25. The van der Waals surface area contributed by atoms with Gasteiger partial charge in [-0.3, -0.25) is 4.98 Å². The molecule has 2 aromatic rings. The standard InChI is InChI=1S/C12H11BrN2/c13-11-3-4-12(14)10(7-11)6-9-2-1-5-15-8-9/h1-5,7-8H,6,14H2. The molecule has 0 aliphatic rings. The summed E-state index contributed by atoms with van der Waals surface area (Å²) in [5.74, 6) is 0. The Bertz CT molecular complexity index is 454. The van der Waals surface area contributed by atoms with Crippen molar-refractivity contribution in [3.8, 4) is 0 Å². The van der Waals surface area contributed by atoms with Gasteiger partial charge in [0.25, 0.3) is 0 Å². The molecule has 2 N–H and O–H groups in total. The zero-order valence-electron chi connectivity index (χ0n) is 8.15. The van der Waals surface area contributed by atoms with Gasteiger partial charge >= 0.3 is 0 Å². The summed E-state index contributed by atoms with van der Waals surface area (Å²) in [6.45, 7) is 0. The maximum atomic E-state index is 5.90. The average molecular weight is 263 g/mol. The Morgan fingerprint density at radius 1 is 1.27 bits per heavy atom. The molecule has 15 heavy (non-hydrogen) atoms. The maximum Gasteiger partial charge on any atom is 0.0350 e. The summed E-state index contributed by atoms with van der Waals surface area (Å²) >= 11 is 3.44. The lowest BCUT2D eigenvalue weighted by Gasteiger charge is -2.05. The van der Waals surface area contributed by atoms with Crippen molar-refractivity contribution in [1.82, 2.24) is 4.98 Å². The molecule has 1 heterocycles. The minimum atomic E-state index is 0.819. The quantitative estimate of drug-likeness (QED) is 0.846. The van der Waals surface area contributed by atoms with Crippen molar-refractivity contribution in [2.75, 3.05) is 5.73 Å². The third-order valence-electron chi connectivity index (χ3n) is 2.22. The van der Waals surface area contributed by atoms with Gasteiger partial charge in [0.05, 0.1) is 0 Å². The van der Waals surface area contributed by atoms with Crippen LogP contribution in [0.2, 0.25) is 0 Å². The van der Waals surface area contributed by atoms with Crippen LogP contribution >= 0.6 is 15.9 Å². The number of halogens is 1. The number of aromatic nitrogens is 1. The second-order valence-corrected chi connectivity index (χ2v) is 4.30. The Labute approximate surface area is 97.3 Å². The van der Waals surface area contributed by atoms with Crippen LogP contribution in [0.15, 0.2) is 47.2 Å². The van der Waals surface area contributed by atoms with Gasteiger partial charge in [0.15, 0.2) is 0 Å². The van der Waals surface area contributed by atoms with Crippen LogP contribution in [0.4, 0.5) is 5.69 Å². The van der Waals surface area contributed by atoms with Gasteiger partial charge in [-0.05, 0) is 35.4 Å². The summed E-state index contributed by atoms with van der Waals surface area (Å²) in [6.07, 6.45) is 4.45. The Morgan fingerprint density at radius 3 is 2.87 bits per heavy atom. The van der Waals surface area contributed by atoms with E-state index in [0.717, 1.165) is 22.1 Å². The van der Waals surface area contributed by atoms with E-state index in [0.29, 0.717) is 0 Å². The molecule has 0 spiro atoms. The van der Waals surface area contributed by atoms with Crippen molar-refractivity contribution < 1.29 is 0 Å². The third-order valence-corrected chi connectivity index (χ3v) is 2.72. The molecular formula is C12H11BrN2. The van der Waals surface area contributed by atoms with Crippen LogP contribution in [-0.2, 0) is 6.42 Å². The van der Waals surface area contributed by atoms with E-state index in [1.807, 2.05) is 36.5 Å². The van der Waals surface area contributed by atoms with Crippen LogP contribution < -0.4 is 5.73 Å². The Morgan fingerprint density at radius 2 is 2.13 bits per heavy atom. The zero-order valence-corrected chi connectivity index (χ0v) is 9.74. The van der Waals surface area contributed by atoms with Gasteiger partial charge in [0.1, 0.15) is 0 Å². The van der Waals surface area contributed by atoms with E-state index in [1.54, 1.807) is 6.20 Å². The highest BCUT2D eigenvalue weighted by Gasteiger charge is 2.01. The number of benzene rings is 1. The normalized spacial score (nSPS) is 10.2. The molecule has 0 unspecified atom stereocenters. The summed E-state index contributed by atoms with van der Waals surface area (Å²) < 4.78 is 1.05. The van der Waals surface area contributed by atoms with Gasteiger partial charge in [-0.1, -0.05) is 22.0 Å². The lowest BCUT2D eigenvalue weighted by molar-refractivity contribution is 1.15. The van der Waals surface area contributed by atoms with Crippen LogP contribution in [0.3, 0.4) is 0 Å². The van der Waals surface area contributed by atoms with Gasteiger partial charge in [-0.15, -0.1) is 0 Å². The Hall–Kier alpha value is -1.35. The SMILES string of the molecule is Nc1ccc(Br)cc1Cc1cccnc1. The first-order valence-electron chi connectivity index (χ1n) is 4.68. The lowest BCUT2D eigenvalue weighted by atomic mass is 10.1. The van der Waals surface area contributed by atoms with Gasteiger partial charge < -0.3 is 5.73 Å². The molecule has 2 nitrogen and oxygen atoms in total. The van der Waals surface area contributed by atoms with Gasteiger partial charge in [0, 0.05) is 29.0 Å². The van der Waals surface area contributed by atoms with E-state index in [4.69, 9.17) is 5.73 Å². The summed E-state index contributed by atoms with van der Waals surface area (Å²) in [5, 5.41) is 0. The fraction of sp³-hybridized carbons (Fsp3) is 0.0833. The van der Waals surface area contributed by atoms with Crippen LogP contribution in [0.5, 0.6) is 0 Å². The zero-order chi connectivity index (χ0) is 10.7. The van der Waals surface area contributed by atoms with Crippen LogP contribution in [-0.4, -0.2) is 4.98 Å². The van der Waals surface area contributed by atoms with Crippen molar-refractivity contribution in [2.24, 2.45) is 0 Å². The molecule has 0 bridgehead atoms. The molecule has 0 aliphatic carbocycles. The molecule has 0 aliphatic heterocycles. The summed E-state index contributed by atoms with van der Waals surface area (Å²) in [4.78, 5) is 4.08. The third kappa shape index (κ3) is 2.57. The maximum absolute atomic E-state index is 5.90. The van der Waals surface area contributed by atoms with E-state index in [2.05, 4.69) is 20.9 Å². The summed E-state index contributed by atoms with van der Waals surface area (Å²) in [7, 11) is 0. The first kappa shape index (κ1) is 10.2.